The summed E-state index contributed by atoms with van der Waals surface area (Å²) in [6.45, 7) is 1.58. The Bertz CT molecular complexity index is 1150. The number of aryl methyl sites for hydroxylation is 1. The highest BCUT2D eigenvalue weighted by Crippen LogP contribution is 2.40. The lowest BCUT2D eigenvalue weighted by Gasteiger charge is -2.24. The largest absolute Gasteiger partial charge is 0.508 e. The Morgan fingerprint density at radius 2 is 1.87 bits per heavy atom. The number of rotatable bonds is 4. The number of benzene rings is 2. The van der Waals surface area contributed by atoms with Crippen LogP contribution in [0.1, 0.15) is 28.5 Å². The van der Waals surface area contributed by atoms with E-state index in [4.69, 9.17) is 4.42 Å². The summed E-state index contributed by atoms with van der Waals surface area (Å²) in [4.78, 5) is 27.0. The van der Waals surface area contributed by atoms with Gasteiger partial charge in [0.05, 0.1) is 24.4 Å². The number of likely N-dealkylation sites (tertiary alicyclic amines) is 1. The van der Waals surface area contributed by atoms with Crippen molar-refractivity contribution in [1.29, 1.82) is 0 Å². The normalized spacial score (nSPS) is 18.2. The van der Waals surface area contributed by atoms with Crippen molar-refractivity contribution in [2.45, 2.75) is 19.5 Å². The smallest absolute Gasteiger partial charge is 0.296 e. The highest BCUT2D eigenvalue weighted by Gasteiger charge is 2.46. The van der Waals surface area contributed by atoms with Crippen molar-refractivity contribution in [2.24, 2.45) is 0 Å². The van der Waals surface area contributed by atoms with Crippen molar-refractivity contribution in [1.82, 2.24) is 4.90 Å². The minimum Gasteiger partial charge on any atom is -0.508 e. The molecule has 1 amide bonds. The second-order valence-corrected chi connectivity index (χ2v) is 7.06. The summed E-state index contributed by atoms with van der Waals surface area (Å²) in [7, 11) is 0. The van der Waals surface area contributed by atoms with Gasteiger partial charge in [-0.1, -0.05) is 24.3 Å². The standard InChI is InChI=1S/C23H18FNO5/c1-13-4-5-15(11-18(13)24)21(27)19-20(14-6-8-16(26)9-7-14)25(23(29)22(19)28)12-17-3-2-10-30-17/h2-11,20,26-27H,12H2,1H3/t20-/m0/s1. The van der Waals surface area contributed by atoms with Crippen molar-refractivity contribution >= 4 is 17.4 Å². The number of hydrogen-bond acceptors (Lipinski definition) is 5. The number of nitrogens with zero attached hydrogens (tertiary/aromatic N) is 1. The SMILES string of the molecule is Cc1ccc(C(O)=C2C(=O)C(=O)N(Cc3ccco3)[C@H]2c2ccc(O)cc2)cc1F. The van der Waals surface area contributed by atoms with Crippen molar-refractivity contribution in [3.8, 4) is 5.75 Å². The fourth-order valence-corrected chi connectivity index (χ4v) is 3.51. The molecule has 0 saturated carbocycles. The van der Waals surface area contributed by atoms with Crippen LogP contribution in [0, 0.1) is 12.7 Å². The number of aliphatic hydroxyl groups excluding tert-OH is 1. The predicted octanol–water partition coefficient (Wildman–Crippen LogP) is 4.05. The monoisotopic (exact) mass is 407 g/mol. The quantitative estimate of drug-likeness (QED) is 0.387. The fraction of sp³-hybridized carbons (Fsp3) is 0.130. The first kappa shape index (κ1) is 19.4. The Kier molecular flexibility index (Phi) is 4.87. The van der Waals surface area contributed by atoms with Gasteiger partial charge in [0.25, 0.3) is 11.7 Å². The molecule has 2 N–H and O–H groups in total. The number of furan rings is 1. The van der Waals surface area contributed by atoms with Gasteiger partial charge in [-0.15, -0.1) is 0 Å². The van der Waals surface area contributed by atoms with Crippen LogP contribution in [0.5, 0.6) is 5.75 Å². The van der Waals surface area contributed by atoms with Crippen LogP contribution in [0.3, 0.4) is 0 Å². The van der Waals surface area contributed by atoms with E-state index in [0.29, 0.717) is 16.9 Å². The number of carbonyl (C=O) groups excluding carboxylic acids is 2. The molecule has 7 heteroatoms. The maximum atomic E-state index is 14.1. The third-order valence-electron chi connectivity index (χ3n) is 5.10. The first-order valence-electron chi connectivity index (χ1n) is 9.23. The van der Waals surface area contributed by atoms with E-state index in [2.05, 4.69) is 0 Å². The fourth-order valence-electron chi connectivity index (χ4n) is 3.51. The van der Waals surface area contributed by atoms with Crippen molar-refractivity contribution in [3.63, 3.8) is 0 Å². The van der Waals surface area contributed by atoms with Crippen LogP contribution in [0.4, 0.5) is 4.39 Å². The summed E-state index contributed by atoms with van der Waals surface area (Å²) in [5.74, 6) is -2.21. The molecular weight excluding hydrogens is 389 g/mol. The summed E-state index contributed by atoms with van der Waals surface area (Å²) in [6.07, 6.45) is 1.45. The molecule has 1 aromatic heterocycles. The molecule has 4 rings (SSSR count). The average molecular weight is 407 g/mol. The molecule has 1 aliphatic heterocycles. The van der Waals surface area contributed by atoms with Crippen LogP contribution < -0.4 is 0 Å². The Hall–Kier alpha value is -3.87. The van der Waals surface area contributed by atoms with Gasteiger partial charge < -0.3 is 19.5 Å². The summed E-state index contributed by atoms with van der Waals surface area (Å²) < 4.78 is 19.4. The summed E-state index contributed by atoms with van der Waals surface area (Å²) >= 11 is 0. The lowest BCUT2D eigenvalue weighted by Crippen LogP contribution is -2.29. The molecule has 6 nitrogen and oxygen atoms in total. The number of aliphatic hydroxyl groups is 1. The molecule has 2 heterocycles. The van der Waals surface area contributed by atoms with Crippen LogP contribution >= 0.6 is 0 Å². The van der Waals surface area contributed by atoms with Crippen molar-refractivity contribution in [2.75, 3.05) is 0 Å². The summed E-state index contributed by atoms with van der Waals surface area (Å²) in [5, 5.41) is 20.5. The van der Waals surface area contributed by atoms with Gasteiger partial charge in [-0.25, -0.2) is 4.39 Å². The van der Waals surface area contributed by atoms with E-state index in [1.165, 1.54) is 35.4 Å². The molecule has 0 unspecified atom stereocenters. The van der Waals surface area contributed by atoms with E-state index in [1.807, 2.05) is 0 Å². The number of ketones is 1. The number of hydrogen-bond donors (Lipinski definition) is 2. The van der Waals surface area contributed by atoms with Crippen LogP contribution in [-0.2, 0) is 16.1 Å². The minimum atomic E-state index is -0.930. The van der Waals surface area contributed by atoms with Crippen molar-refractivity contribution < 1.29 is 28.6 Å². The predicted molar refractivity (Wildman–Crippen MR) is 106 cm³/mol. The van der Waals surface area contributed by atoms with Crippen molar-refractivity contribution in [3.05, 3.63) is 94.7 Å². The second kappa shape index (κ2) is 7.51. The second-order valence-electron chi connectivity index (χ2n) is 7.06. The number of Topliss-reactive ketones (excluding diaryl/α,β-unsaturated/α-hetero) is 1. The molecule has 152 valence electrons. The molecule has 2 aromatic carbocycles. The zero-order valence-electron chi connectivity index (χ0n) is 16.0. The van der Waals surface area contributed by atoms with Gasteiger partial charge in [0, 0.05) is 5.56 Å². The first-order chi connectivity index (χ1) is 14.4. The maximum Gasteiger partial charge on any atom is 0.296 e. The lowest BCUT2D eigenvalue weighted by atomic mass is 9.95. The van der Waals surface area contributed by atoms with Gasteiger partial charge in [-0.05, 0) is 48.4 Å². The van der Waals surface area contributed by atoms with Gasteiger partial charge >= 0.3 is 0 Å². The molecule has 0 spiro atoms. The molecule has 1 aliphatic rings. The molecule has 0 bridgehead atoms. The number of phenolic OH excluding ortho intramolecular Hbond substituents is 1. The van der Waals surface area contributed by atoms with Crippen LogP contribution in [0.15, 0.2) is 70.9 Å². The van der Waals surface area contributed by atoms with Crippen LogP contribution in [-0.4, -0.2) is 26.8 Å². The van der Waals surface area contributed by atoms with E-state index < -0.39 is 29.3 Å². The zero-order chi connectivity index (χ0) is 21.4. The highest BCUT2D eigenvalue weighted by molar-refractivity contribution is 6.46. The Labute approximate surface area is 171 Å². The molecule has 1 saturated heterocycles. The average Bonchev–Trinajstić information content (AvgIpc) is 3.33. The molecule has 3 aromatic rings. The number of phenols is 1. The van der Waals surface area contributed by atoms with Gasteiger partial charge in [-0.3, -0.25) is 9.59 Å². The van der Waals surface area contributed by atoms with Crippen LogP contribution in [0.2, 0.25) is 0 Å². The van der Waals surface area contributed by atoms with E-state index in [1.54, 1.807) is 31.2 Å². The number of aromatic hydroxyl groups is 1. The van der Waals surface area contributed by atoms with E-state index in [0.717, 1.165) is 6.07 Å². The van der Waals surface area contributed by atoms with E-state index in [-0.39, 0.29) is 23.4 Å². The Balaban J connectivity index is 1.87. The van der Waals surface area contributed by atoms with Crippen LogP contribution in [0.25, 0.3) is 5.76 Å². The van der Waals surface area contributed by atoms with E-state index in [9.17, 15) is 24.2 Å². The van der Waals surface area contributed by atoms with Gasteiger partial charge in [-0.2, -0.15) is 0 Å². The third-order valence-corrected chi connectivity index (χ3v) is 5.10. The Morgan fingerprint density at radius 1 is 1.13 bits per heavy atom. The highest BCUT2D eigenvalue weighted by atomic mass is 19.1. The molecule has 1 fully saturated rings. The first-order valence-corrected chi connectivity index (χ1v) is 9.23. The molecule has 30 heavy (non-hydrogen) atoms. The zero-order valence-corrected chi connectivity index (χ0v) is 16.0. The molecule has 0 aliphatic carbocycles. The number of amides is 1. The number of carbonyl (C=O) groups is 2. The number of halogens is 1. The summed E-state index contributed by atoms with van der Waals surface area (Å²) in [6, 6.07) is 12.5. The van der Waals surface area contributed by atoms with Gasteiger partial charge in [0.15, 0.2) is 0 Å². The van der Waals surface area contributed by atoms with Gasteiger partial charge in [0.1, 0.15) is 23.1 Å². The maximum absolute atomic E-state index is 14.1. The molecule has 0 radical (unpaired) electrons. The lowest BCUT2D eigenvalue weighted by molar-refractivity contribution is -0.140. The summed E-state index contributed by atoms with van der Waals surface area (Å²) in [5.41, 5.74) is 0.839. The third kappa shape index (κ3) is 3.34. The minimum absolute atomic E-state index is 0.00214. The van der Waals surface area contributed by atoms with E-state index >= 15 is 0 Å². The molecular formula is C23H18FNO5. The topological polar surface area (TPSA) is 91.0 Å². The Morgan fingerprint density at radius 3 is 2.50 bits per heavy atom. The molecule has 1 atom stereocenters. The van der Waals surface area contributed by atoms with Gasteiger partial charge in [0.2, 0.25) is 0 Å².